The van der Waals surface area contributed by atoms with Gasteiger partial charge in [-0.3, -0.25) is 9.59 Å². The topological polar surface area (TPSA) is 84.0 Å². The molecule has 10 heteroatoms. The fourth-order valence-corrected chi connectivity index (χ4v) is 4.15. The third kappa shape index (κ3) is 6.00. The SMILES string of the molecule is CSc1ccc(Nc2ccc(CNC(=O)C3(CC(=O)c4cncnc4)CC3)cc2)c(C(F)(F)F)c1. The van der Waals surface area contributed by atoms with E-state index in [1.807, 2.05) is 0 Å². The summed E-state index contributed by atoms with van der Waals surface area (Å²) >= 11 is 1.25. The predicted octanol–water partition coefficient (Wildman–Crippen LogP) is 5.63. The first kappa shape index (κ1) is 24.7. The lowest BCUT2D eigenvalue weighted by molar-refractivity contribution is -0.137. The highest BCUT2D eigenvalue weighted by Crippen LogP contribution is 2.49. The maximum atomic E-state index is 13.5. The molecule has 0 aliphatic heterocycles. The van der Waals surface area contributed by atoms with Crippen LogP contribution in [0, 0.1) is 5.41 Å². The van der Waals surface area contributed by atoms with Crippen LogP contribution in [0.5, 0.6) is 0 Å². The lowest BCUT2D eigenvalue weighted by Crippen LogP contribution is -2.33. The summed E-state index contributed by atoms with van der Waals surface area (Å²) in [6.45, 7) is 0.250. The Morgan fingerprint density at radius 2 is 1.74 bits per heavy atom. The highest BCUT2D eigenvalue weighted by atomic mass is 32.2. The number of halogens is 3. The number of carbonyl (C=O) groups excluding carboxylic acids is 2. The van der Waals surface area contributed by atoms with Crippen LogP contribution in [-0.2, 0) is 17.5 Å². The highest BCUT2D eigenvalue weighted by Gasteiger charge is 2.51. The number of carbonyl (C=O) groups is 2. The van der Waals surface area contributed by atoms with Crippen molar-refractivity contribution < 1.29 is 22.8 Å². The molecule has 2 aromatic carbocycles. The minimum Gasteiger partial charge on any atom is -0.355 e. The monoisotopic (exact) mass is 500 g/mol. The van der Waals surface area contributed by atoms with Crippen LogP contribution in [0.1, 0.15) is 40.7 Å². The summed E-state index contributed by atoms with van der Waals surface area (Å²) in [5.74, 6) is -0.355. The number of aromatic nitrogens is 2. The molecule has 1 amide bonds. The number of nitrogens with zero attached hydrogens (tertiary/aromatic N) is 2. The predicted molar refractivity (Wildman–Crippen MR) is 127 cm³/mol. The van der Waals surface area contributed by atoms with Gasteiger partial charge in [0.2, 0.25) is 5.91 Å². The number of amides is 1. The van der Waals surface area contributed by atoms with Crippen molar-refractivity contribution in [3.05, 3.63) is 77.9 Å². The molecule has 6 nitrogen and oxygen atoms in total. The van der Waals surface area contributed by atoms with E-state index in [9.17, 15) is 22.8 Å². The van der Waals surface area contributed by atoms with Gasteiger partial charge in [0.15, 0.2) is 5.78 Å². The van der Waals surface area contributed by atoms with Crippen molar-refractivity contribution in [1.29, 1.82) is 0 Å². The molecule has 0 spiro atoms. The third-order valence-electron chi connectivity index (χ3n) is 5.93. The number of benzene rings is 2. The van der Waals surface area contributed by atoms with Crippen molar-refractivity contribution in [3.63, 3.8) is 0 Å². The van der Waals surface area contributed by atoms with E-state index in [2.05, 4.69) is 20.6 Å². The second-order valence-electron chi connectivity index (χ2n) is 8.42. The first-order valence-electron chi connectivity index (χ1n) is 10.9. The molecule has 1 aliphatic carbocycles. The molecule has 0 saturated heterocycles. The second kappa shape index (κ2) is 10.1. The minimum absolute atomic E-state index is 0.0273. The van der Waals surface area contributed by atoms with Crippen molar-refractivity contribution >= 4 is 34.8 Å². The van der Waals surface area contributed by atoms with Gasteiger partial charge in [0.25, 0.3) is 0 Å². The van der Waals surface area contributed by atoms with Crippen molar-refractivity contribution in [2.75, 3.05) is 11.6 Å². The molecule has 0 radical (unpaired) electrons. The van der Waals surface area contributed by atoms with Crippen LogP contribution in [0.4, 0.5) is 24.5 Å². The van der Waals surface area contributed by atoms with Crippen molar-refractivity contribution in [1.82, 2.24) is 15.3 Å². The Labute approximate surface area is 204 Å². The van der Waals surface area contributed by atoms with Gasteiger partial charge in [-0.25, -0.2) is 9.97 Å². The van der Waals surface area contributed by atoms with Gasteiger partial charge in [0.1, 0.15) is 6.33 Å². The summed E-state index contributed by atoms with van der Waals surface area (Å²) in [6, 6.07) is 11.0. The average molecular weight is 501 g/mol. The van der Waals surface area contributed by atoms with Crippen LogP contribution in [-0.4, -0.2) is 27.9 Å². The smallest absolute Gasteiger partial charge is 0.355 e. The van der Waals surface area contributed by atoms with Crippen molar-refractivity contribution in [3.8, 4) is 0 Å². The molecule has 1 saturated carbocycles. The van der Waals surface area contributed by atoms with E-state index in [1.165, 1.54) is 36.5 Å². The van der Waals surface area contributed by atoms with Crippen LogP contribution < -0.4 is 10.6 Å². The fraction of sp³-hybridized carbons (Fsp3) is 0.280. The number of thioether (sulfide) groups is 1. The zero-order valence-electron chi connectivity index (χ0n) is 18.9. The Balaban J connectivity index is 1.36. The van der Waals surface area contributed by atoms with Gasteiger partial charge in [-0.2, -0.15) is 13.2 Å². The molecule has 0 bridgehead atoms. The van der Waals surface area contributed by atoms with Gasteiger partial charge in [-0.1, -0.05) is 12.1 Å². The zero-order valence-corrected chi connectivity index (χ0v) is 19.7. The van der Waals surface area contributed by atoms with Crippen LogP contribution in [0.25, 0.3) is 0 Å². The number of nitrogens with one attached hydrogen (secondary N) is 2. The Hall–Kier alpha value is -3.40. The molecule has 0 unspecified atom stereocenters. The molecular weight excluding hydrogens is 477 g/mol. The van der Waals surface area contributed by atoms with Gasteiger partial charge in [0.05, 0.1) is 22.2 Å². The summed E-state index contributed by atoms with van der Waals surface area (Å²) in [6.07, 6.45) is 2.84. The Morgan fingerprint density at radius 1 is 1.06 bits per heavy atom. The number of Topliss-reactive ketones (excluding diaryl/α,β-unsaturated/α-hetero) is 1. The maximum Gasteiger partial charge on any atom is 0.418 e. The van der Waals surface area contributed by atoms with Gasteiger partial charge in [0, 0.05) is 35.9 Å². The van der Waals surface area contributed by atoms with E-state index < -0.39 is 17.2 Å². The summed E-state index contributed by atoms with van der Waals surface area (Å²) in [7, 11) is 0. The Bertz CT molecular complexity index is 1210. The molecule has 2 N–H and O–H groups in total. The molecule has 35 heavy (non-hydrogen) atoms. The van der Waals surface area contributed by atoms with Crippen LogP contribution >= 0.6 is 11.8 Å². The molecular formula is C25H23F3N4O2S. The lowest BCUT2D eigenvalue weighted by Gasteiger charge is -2.16. The third-order valence-corrected chi connectivity index (χ3v) is 6.66. The number of ketones is 1. The number of rotatable bonds is 9. The van der Waals surface area contributed by atoms with Crippen LogP contribution in [0.2, 0.25) is 0 Å². The van der Waals surface area contributed by atoms with Gasteiger partial charge >= 0.3 is 6.18 Å². The highest BCUT2D eigenvalue weighted by molar-refractivity contribution is 7.98. The second-order valence-corrected chi connectivity index (χ2v) is 9.30. The summed E-state index contributed by atoms with van der Waals surface area (Å²) in [5, 5.41) is 5.71. The largest absolute Gasteiger partial charge is 0.418 e. The molecule has 1 heterocycles. The first-order chi connectivity index (χ1) is 16.7. The minimum atomic E-state index is -4.48. The molecule has 0 atom stereocenters. The molecule has 1 aliphatic rings. The summed E-state index contributed by atoms with van der Waals surface area (Å²) in [4.78, 5) is 33.4. The van der Waals surface area contributed by atoms with Crippen molar-refractivity contribution in [2.45, 2.75) is 36.9 Å². The lowest BCUT2D eigenvalue weighted by atomic mass is 9.95. The average Bonchev–Trinajstić information content (AvgIpc) is 3.64. The first-order valence-corrected chi connectivity index (χ1v) is 12.1. The number of anilines is 2. The number of hydrogen-bond acceptors (Lipinski definition) is 6. The summed E-state index contributed by atoms with van der Waals surface area (Å²) in [5.41, 5.74) is 0.206. The summed E-state index contributed by atoms with van der Waals surface area (Å²) < 4.78 is 40.4. The van der Waals surface area contributed by atoms with Gasteiger partial charge in [-0.15, -0.1) is 11.8 Å². The molecule has 3 aromatic rings. The van der Waals surface area contributed by atoms with E-state index in [-0.39, 0.29) is 30.3 Å². The van der Waals surface area contributed by atoms with E-state index in [1.54, 1.807) is 36.6 Å². The van der Waals surface area contributed by atoms with E-state index in [4.69, 9.17) is 0 Å². The maximum absolute atomic E-state index is 13.5. The normalized spacial score (nSPS) is 14.3. The van der Waals surface area contributed by atoms with Gasteiger partial charge < -0.3 is 10.6 Å². The molecule has 1 fully saturated rings. The molecule has 1 aromatic heterocycles. The number of hydrogen-bond donors (Lipinski definition) is 2. The van der Waals surface area contributed by atoms with Crippen LogP contribution in [0.3, 0.4) is 0 Å². The molecule has 4 rings (SSSR count). The fourth-order valence-electron chi connectivity index (χ4n) is 3.71. The van der Waals surface area contributed by atoms with E-state index in [0.29, 0.717) is 29.0 Å². The standard InChI is InChI=1S/C25H23F3N4O2S/c1-35-19-6-7-21(20(10-19)25(26,27)28)32-18-4-2-16(3-5-18)12-31-23(34)24(8-9-24)11-22(33)17-13-29-15-30-14-17/h2-7,10,13-15,32H,8-9,11-12H2,1H3,(H,31,34). The quantitative estimate of drug-likeness (QED) is 0.293. The zero-order chi connectivity index (χ0) is 25.1. The van der Waals surface area contributed by atoms with E-state index in [0.717, 1.165) is 11.6 Å². The number of alkyl halides is 3. The van der Waals surface area contributed by atoms with Crippen molar-refractivity contribution in [2.24, 2.45) is 5.41 Å². The Kier molecular flexibility index (Phi) is 7.11. The van der Waals surface area contributed by atoms with Crippen LogP contribution in [0.15, 0.2) is 66.1 Å². The molecule has 182 valence electrons. The Morgan fingerprint density at radius 3 is 2.34 bits per heavy atom. The van der Waals surface area contributed by atoms with E-state index >= 15 is 0 Å². The van der Waals surface area contributed by atoms with Gasteiger partial charge in [-0.05, 0) is 55.0 Å².